The number of alkyl halides is 3. The minimum atomic E-state index is -4.36. The molecule has 21 heavy (non-hydrogen) atoms. The maximum Gasteiger partial charge on any atom is 0.416 e. The third-order valence-electron chi connectivity index (χ3n) is 3.78. The molecule has 0 amide bonds. The predicted molar refractivity (Wildman–Crippen MR) is 80.5 cm³/mol. The second-order valence-corrected chi connectivity index (χ2v) is 6.12. The van der Waals surface area contributed by atoms with Crippen molar-refractivity contribution in [2.24, 2.45) is 0 Å². The van der Waals surface area contributed by atoms with Gasteiger partial charge in [-0.05, 0) is 37.5 Å². The lowest BCUT2D eigenvalue weighted by Gasteiger charge is -2.28. The standard InChI is InChI=1S/C15H14BrF3N2/c16-13-6-10(15(17,18)19)7-14-12(13)8-11(9-20-14)21-4-2-1-3-5-21/h6-9H,1-5H2. The molecule has 1 saturated heterocycles. The number of benzene rings is 1. The molecule has 0 radical (unpaired) electrons. The molecule has 0 atom stereocenters. The SMILES string of the molecule is FC(F)(F)c1cc(Br)c2cc(N3CCCCC3)cnc2c1. The van der Waals surface area contributed by atoms with Crippen molar-refractivity contribution in [3.8, 4) is 0 Å². The summed E-state index contributed by atoms with van der Waals surface area (Å²) in [6.45, 7) is 1.96. The molecule has 2 aromatic rings. The first-order valence-electron chi connectivity index (χ1n) is 6.86. The molecular formula is C15H14BrF3N2. The highest BCUT2D eigenvalue weighted by Gasteiger charge is 2.31. The summed E-state index contributed by atoms with van der Waals surface area (Å²) in [6.07, 6.45) is 0.832. The van der Waals surface area contributed by atoms with E-state index in [1.165, 1.54) is 6.42 Å². The average molecular weight is 359 g/mol. The molecule has 0 bridgehead atoms. The molecule has 2 heterocycles. The number of anilines is 1. The summed E-state index contributed by atoms with van der Waals surface area (Å²) in [5, 5.41) is 0.714. The second-order valence-electron chi connectivity index (χ2n) is 5.26. The molecule has 0 N–H and O–H groups in total. The Morgan fingerprint density at radius 3 is 2.43 bits per heavy atom. The number of fused-ring (bicyclic) bond motifs is 1. The minimum absolute atomic E-state index is 0.359. The molecule has 3 rings (SSSR count). The molecule has 0 saturated carbocycles. The Bertz CT molecular complexity index is 664. The first kappa shape index (κ1) is 14.6. The zero-order valence-electron chi connectivity index (χ0n) is 11.3. The Hall–Kier alpha value is -1.30. The highest BCUT2D eigenvalue weighted by atomic mass is 79.9. The van der Waals surface area contributed by atoms with Gasteiger partial charge < -0.3 is 4.90 Å². The molecule has 0 spiro atoms. The van der Waals surface area contributed by atoms with Gasteiger partial charge in [0.1, 0.15) is 0 Å². The fourth-order valence-electron chi connectivity index (χ4n) is 2.66. The summed E-state index contributed by atoms with van der Waals surface area (Å²) in [7, 11) is 0. The van der Waals surface area contributed by atoms with Crippen LogP contribution in [0.15, 0.2) is 28.9 Å². The second kappa shape index (κ2) is 5.48. The van der Waals surface area contributed by atoms with Crippen molar-refractivity contribution >= 4 is 32.5 Å². The van der Waals surface area contributed by atoms with Gasteiger partial charge in [0, 0.05) is 22.9 Å². The summed E-state index contributed by atoms with van der Waals surface area (Å²) in [6, 6.07) is 4.13. The predicted octanol–water partition coefficient (Wildman–Crippen LogP) is 5.01. The number of hydrogen-bond donors (Lipinski definition) is 0. The molecule has 1 aliphatic heterocycles. The monoisotopic (exact) mass is 358 g/mol. The molecule has 0 aliphatic carbocycles. The first-order valence-corrected chi connectivity index (χ1v) is 7.66. The number of hydrogen-bond acceptors (Lipinski definition) is 2. The van der Waals surface area contributed by atoms with Gasteiger partial charge in [-0.25, -0.2) is 0 Å². The Labute approximate surface area is 129 Å². The topological polar surface area (TPSA) is 16.1 Å². The minimum Gasteiger partial charge on any atom is -0.370 e. The Balaban J connectivity index is 2.04. The maximum atomic E-state index is 12.8. The summed E-state index contributed by atoms with van der Waals surface area (Å²) in [5.41, 5.74) is 0.653. The molecule has 1 aliphatic rings. The quantitative estimate of drug-likeness (QED) is 0.712. The number of pyridine rings is 1. The van der Waals surface area contributed by atoms with Crippen LogP contribution < -0.4 is 4.90 Å². The number of rotatable bonds is 1. The van der Waals surface area contributed by atoms with Crippen molar-refractivity contribution < 1.29 is 13.2 Å². The van der Waals surface area contributed by atoms with E-state index in [9.17, 15) is 13.2 Å². The third-order valence-corrected chi connectivity index (χ3v) is 4.44. The summed E-state index contributed by atoms with van der Waals surface area (Å²) in [5.74, 6) is 0. The lowest BCUT2D eigenvalue weighted by Crippen LogP contribution is -2.29. The van der Waals surface area contributed by atoms with Crippen LogP contribution in [0.2, 0.25) is 0 Å². The van der Waals surface area contributed by atoms with E-state index in [0.717, 1.165) is 43.8 Å². The van der Waals surface area contributed by atoms with Crippen LogP contribution in [0.5, 0.6) is 0 Å². The summed E-state index contributed by atoms with van der Waals surface area (Å²) >= 11 is 3.24. The van der Waals surface area contributed by atoms with Crippen LogP contribution in [0.1, 0.15) is 24.8 Å². The van der Waals surface area contributed by atoms with Crippen molar-refractivity contribution in [2.75, 3.05) is 18.0 Å². The Morgan fingerprint density at radius 2 is 1.76 bits per heavy atom. The molecular weight excluding hydrogens is 345 g/mol. The van der Waals surface area contributed by atoms with Crippen LogP contribution >= 0.6 is 15.9 Å². The van der Waals surface area contributed by atoms with Crippen LogP contribution in [0.4, 0.5) is 18.9 Å². The number of nitrogens with zero attached hydrogens (tertiary/aromatic N) is 2. The molecule has 6 heteroatoms. The average Bonchev–Trinajstić information content (AvgIpc) is 2.47. The van der Waals surface area contributed by atoms with E-state index < -0.39 is 11.7 Å². The third kappa shape index (κ3) is 3.00. The van der Waals surface area contributed by atoms with E-state index in [2.05, 4.69) is 25.8 Å². The molecule has 0 unspecified atom stereocenters. The number of piperidine rings is 1. The largest absolute Gasteiger partial charge is 0.416 e. The maximum absolute atomic E-state index is 12.8. The smallest absolute Gasteiger partial charge is 0.370 e. The molecule has 2 nitrogen and oxygen atoms in total. The Morgan fingerprint density at radius 1 is 1.05 bits per heavy atom. The lowest BCUT2D eigenvalue weighted by molar-refractivity contribution is -0.137. The van der Waals surface area contributed by atoms with Crippen LogP contribution in [0.25, 0.3) is 10.9 Å². The van der Waals surface area contributed by atoms with Crippen LogP contribution in [0, 0.1) is 0 Å². The number of aromatic nitrogens is 1. The van der Waals surface area contributed by atoms with E-state index in [4.69, 9.17) is 0 Å². The van der Waals surface area contributed by atoms with Gasteiger partial charge in [0.15, 0.2) is 0 Å². The van der Waals surface area contributed by atoms with Gasteiger partial charge in [-0.15, -0.1) is 0 Å². The summed E-state index contributed by atoms with van der Waals surface area (Å²) in [4.78, 5) is 6.46. The van der Waals surface area contributed by atoms with Gasteiger partial charge in [-0.2, -0.15) is 13.2 Å². The van der Waals surface area contributed by atoms with Gasteiger partial charge in [0.2, 0.25) is 0 Å². The van der Waals surface area contributed by atoms with Crippen molar-refractivity contribution in [3.05, 3.63) is 34.4 Å². The van der Waals surface area contributed by atoms with Crippen LogP contribution in [-0.4, -0.2) is 18.1 Å². The molecule has 1 aromatic heterocycles. The van der Waals surface area contributed by atoms with Crippen LogP contribution in [0.3, 0.4) is 0 Å². The van der Waals surface area contributed by atoms with E-state index in [0.29, 0.717) is 15.4 Å². The highest BCUT2D eigenvalue weighted by Crippen LogP contribution is 2.36. The van der Waals surface area contributed by atoms with Gasteiger partial charge in [-0.3, -0.25) is 4.98 Å². The lowest BCUT2D eigenvalue weighted by atomic mass is 10.1. The van der Waals surface area contributed by atoms with Gasteiger partial charge in [0.05, 0.1) is 23.0 Å². The normalized spacial score (nSPS) is 16.5. The Kier molecular flexibility index (Phi) is 3.82. The van der Waals surface area contributed by atoms with Crippen LogP contribution in [-0.2, 0) is 6.18 Å². The van der Waals surface area contributed by atoms with Crippen molar-refractivity contribution in [2.45, 2.75) is 25.4 Å². The van der Waals surface area contributed by atoms with E-state index in [1.54, 1.807) is 6.20 Å². The van der Waals surface area contributed by atoms with Crippen molar-refractivity contribution in [1.82, 2.24) is 4.98 Å². The molecule has 1 aromatic carbocycles. The first-order chi connectivity index (χ1) is 9.95. The zero-order chi connectivity index (χ0) is 15.0. The van der Waals surface area contributed by atoms with Crippen molar-refractivity contribution in [3.63, 3.8) is 0 Å². The molecule has 112 valence electrons. The zero-order valence-corrected chi connectivity index (χ0v) is 12.8. The highest BCUT2D eigenvalue weighted by molar-refractivity contribution is 9.10. The summed E-state index contributed by atoms with van der Waals surface area (Å²) < 4.78 is 38.9. The van der Waals surface area contributed by atoms with E-state index in [-0.39, 0.29) is 0 Å². The van der Waals surface area contributed by atoms with Crippen molar-refractivity contribution in [1.29, 1.82) is 0 Å². The van der Waals surface area contributed by atoms with E-state index >= 15 is 0 Å². The van der Waals surface area contributed by atoms with Gasteiger partial charge >= 0.3 is 6.18 Å². The number of halogens is 4. The fourth-order valence-corrected chi connectivity index (χ4v) is 3.23. The van der Waals surface area contributed by atoms with Gasteiger partial charge in [0.25, 0.3) is 0 Å². The fraction of sp³-hybridized carbons (Fsp3) is 0.400. The van der Waals surface area contributed by atoms with Gasteiger partial charge in [-0.1, -0.05) is 15.9 Å². The molecule has 1 fully saturated rings. The van der Waals surface area contributed by atoms with E-state index in [1.807, 2.05) is 6.07 Å².